The minimum Gasteiger partial charge on any atom is -0.339 e. The molecular weight excluding hydrogens is 450 g/mol. The van der Waals surface area contributed by atoms with Gasteiger partial charge in [-0.15, -0.1) is 5.10 Å². The Labute approximate surface area is 212 Å². The van der Waals surface area contributed by atoms with Crippen molar-refractivity contribution in [3.8, 4) is 0 Å². The SMILES string of the molecule is CCN(CC)C(=O)c1ccc(C(c2cccc3cccnc23)N2CCN(Cn3ccnn3)CC2)cc1. The van der Waals surface area contributed by atoms with Gasteiger partial charge in [0.2, 0.25) is 0 Å². The molecule has 1 aliphatic heterocycles. The Bertz CT molecular complexity index is 1270. The fourth-order valence-electron chi connectivity index (χ4n) is 5.11. The summed E-state index contributed by atoms with van der Waals surface area (Å²) in [4.78, 5) is 24.4. The van der Waals surface area contributed by atoms with E-state index in [1.807, 2.05) is 54.0 Å². The summed E-state index contributed by atoms with van der Waals surface area (Å²) in [5, 5.41) is 9.17. The highest BCUT2D eigenvalue weighted by molar-refractivity contribution is 5.94. The first-order chi connectivity index (χ1) is 17.7. The van der Waals surface area contributed by atoms with Gasteiger partial charge in [0.05, 0.1) is 24.4 Å². The van der Waals surface area contributed by atoms with Gasteiger partial charge >= 0.3 is 0 Å². The molecular formula is C28H33N7O. The van der Waals surface area contributed by atoms with Crippen LogP contribution in [-0.4, -0.2) is 79.9 Å². The number of hydrogen-bond donors (Lipinski definition) is 0. The van der Waals surface area contributed by atoms with E-state index < -0.39 is 0 Å². The molecule has 0 bridgehead atoms. The van der Waals surface area contributed by atoms with Gasteiger partial charge in [0.25, 0.3) is 5.91 Å². The van der Waals surface area contributed by atoms with Crippen molar-refractivity contribution in [2.75, 3.05) is 39.3 Å². The van der Waals surface area contributed by atoms with Crippen LogP contribution in [0.15, 0.2) is 73.2 Å². The highest BCUT2D eigenvalue weighted by Crippen LogP contribution is 2.34. The van der Waals surface area contributed by atoms with E-state index in [-0.39, 0.29) is 11.9 Å². The molecule has 1 aliphatic rings. The first kappa shape index (κ1) is 24.1. The van der Waals surface area contributed by atoms with Crippen molar-refractivity contribution in [2.45, 2.75) is 26.6 Å². The first-order valence-electron chi connectivity index (χ1n) is 12.7. The van der Waals surface area contributed by atoms with Crippen LogP contribution >= 0.6 is 0 Å². The smallest absolute Gasteiger partial charge is 0.253 e. The monoisotopic (exact) mass is 483 g/mol. The maximum Gasteiger partial charge on any atom is 0.253 e. The highest BCUT2D eigenvalue weighted by atomic mass is 16.2. The fourth-order valence-corrected chi connectivity index (χ4v) is 5.11. The minimum absolute atomic E-state index is 0.0507. The number of carbonyl (C=O) groups excluding carboxylic acids is 1. The molecule has 186 valence electrons. The fraction of sp³-hybridized carbons (Fsp3) is 0.357. The summed E-state index contributed by atoms with van der Waals surface area (Å²) in [6, 6.07) is 18.8. The molecule has 0 radical (unpaired) electrons. The second-order valence-corrected chi connectivity index (χ2v) is 9.16. The van der Waals surface area contributed by atoms with Crippen molar-refractivity contribution < 1.29 is 4.79 Å². The third-order valence-corrected chi connectivity index (χ3v) is 7.07. The number of benzene rings is 2. The summed E-state index contributed by atoms with van der Waals surface area (Å²) in [6.07, 6.45) is 5.48. The van der Waals surface area contributed by atoms with Crippen molar-refractivity contribution in [1.82, 2.24) is 34.7 Å². The zero-order valence-corrected chi connectivity index (χ0v) is 21.0. The molecule has 0 spiro atoms. The summed E-state index contributed by atoms with van der Waals surface area (Å²) in [6.45, 7) is 9.91. The van der Waals surface area contributed by atoms with Crippen molar-refractivity contribution in [2.24, 2.45) is 0 Å². The standard InChI is InChI=1S/C28H33N7O/c1-3-33(4-2)28(36)24-12-10-23(11-13-24)27(25-9-5-7-22-8-6-14-29-26(22)25)34-19-17-32(18-20-34)21-35-16-15-30-31-35/h5-16,27H,3-4,17-21H2,1-2H3. The quantitative estimate of drug-likeness (QED) is 0.381. The van der Waals surface area contributed by atoms with Crippen LogP contribution in [0, 0.1) is 0 Å². The Hall–Kier alpha value is -3.62. The second kappa shape index (κ2) is 11.0. The van der Waals surface area contributed by atoms with Crippen LogP contribution in [0.1, 0.15) is 41.4 Å². The maximum absolute atomic E-state index is 12.9. The second-order valence-electron chi connectivity index (χ2n) is 9.16. The minimum atomic E-state index is 0.0507. The van der Waals surface area contributed by atoms with Crippen molar-refractivity contribution in [3.05, 3.63) is 89.9 Å². The molecule has 0 N–H and O–H groups in total. The molecule has 0 saturated carbocycles. The zero-order valence-electron chi connectivity index (χ0n) is 21.0. The average molecular weight is 484 g/mol. The Morgan fingerprint density at radius 2 is 1.69 bits per heavy atom. The van der Waals surface area contributed by atoms with Gasteiger partial charge in [-0.3, -0.25) is 19.6 Å². The van der Waals surface area contributed by atoms with Crippen LogP contribution in [0.3, 0.4) is 0 Å². The number of aromatic nitrogens is 4. The lowest BCUT2D eigenvalue weighted by atomic mass is 9.93. The normalized spacial score (nSPS) is 15.7. The number of para-hydroxylation sites is 1. The molecule has 2 aromatic heterocycles. The van der Waals surface area contributed by atoms with Gasteiger partial charge in [-0.25, -0.2) is 4.68 Å². The predicted octanol–water partition coefficient (Wildman–Crippen LogP) is 3.67. The third kappa shape index (κ3) is 5.01. The number of fused-ring (bicyclic) bond motifs is 1. The zero-order chi connectivity index (χ0) is 24.9. The molecule has 3 heterocycles. The Balaban J connectivity index is 1.45. The summed E-state index contributed by atoms with van der Waals surface area (Å²) in [5.74, 6) is 0.0802. The van der Waals surface area contributed by atoms with E-state index in [0.29, 0.717) is 13.1 Å². The number of hydrogen-bond acceptors (Lipinski definition) is 6. The van der Waals surface area contributed by atoms with E-state index in [4.69, 9.17) is 4.98 Å². The van der Waals surface area contributed by atoms with Crippen LogP contribution in [0.2, 0.25) is 0 Å². The van der Waals surface area contributed by atoms with Gasteiger partial charge < -0.3 is 4.90 Å². The molecule has 1 amide bonds. The van der Waals surface area contributed by atoms with Gasteiger partial charge in [-0.1, -0.05) is 41.6 Å². The first-order valence-corrected chi connectivity index (χ1v) is 12.7. The maximum atomic E-state index is 12.9. The molecule has 8 nitrogen and oxygen atoms in total. The van der Waals surface area contributed by atoms with Crippen molar-refractivity contribution in [3.63, 3.8) is 0 Å². The largest absolute Gasteiger partial charge is 0.339 e. The number of nitrogens with zero attached hydrogens (tertiary/aromatic N) is 7. The molecule has 1 fully saturated rings. The van der Waals surface area contributed by atoms with Crippen LogP contribution in [0.25, 0.3) is 10.9 Å². The molecule has 2 aromatic carbocycles. The van der Waals surface area contributed by atoms with E-state index in [1.54, 1.807) is 6.20 Å². The summed E-state index contributed by atoms with van der Waals surface area (Å²) in [7, 11) is 0. The van der Waals surface area contributed by atoms with Crippen LogP contribution in [-0.2, 0) is 6.67 Å². The average Bonchev–Trinajstić information content (AvgIpc) is 3.44. The van der Waals surface area contributed by atoms with E-state index in [2.05, 4.69) is 56.5 Å². The molecule has 8 heteroatoms. The summed E-state index contributed by atoms with van der Waals surface area (Å²) < 4.78 is 1.87. The third-order valence-electron chi connectivity index (χ3n) is 7.07. The lowest BCUT2D eigenvalue weighted by molar-refractivity contribution is 0.0772. The molecule has 1 atom stereocenters. The highest BCUT2D eigenvalue weighted by Gasteiger charge is 2.28. The number of pyridine rings is 1. The predicted molar refractivity (Wildman–Crippen MR) is 140 cm³/mol. The van der Waals surface area contributed by atoms with E-state index in [0.717, 1.165) is 49.3 Å². The van der Waals surface area contributed by atoms with E-state index in [9.17, 15) is 4.79 Å². The molecule has 4 aromatic rings. The number of piperazine rings is 1. The molecule has 0 aliphatic carbocycles. The topological polar surface area (TPSA) is 70.4 Å². The van der Waals surface area contributed by atoms with Crippen LogP contribution in [0.4, 0.5) is 0 Å². The lowest BCUT2D eigenvalue weighted by Crippen LogP contribution is -2.48. The lowest BCUT2D eigenvalue weighted by Gasteiger charge is -2.39. The molecule has 1 saturated heterocycles. The van der Waals surface area contributed by atoms with E-state index in [1.165, 1.54) is 11.1 Å². The molecule has 5 rings (SSSR count). The molecule has 36 heavy (non-hydrogen) atoms. The summed E-state index contributed by atoms with van der Waals surface area (Å²) in [5.41, 5.74) is 4.13. The Morgan fingerprint density at radius 1 is 0.944 bits per heavy atom. The van der Waals surface area contributed by atoms with Gasteiger partial charge in [0.15, 0.2) is 0 Å². The van der Waals surface area contributed by atoms with E-state index >= 15 is 0 Å². The van der Waals surface area contributed by atoms with Gasteiger partial charge in [-0.05, 0) is 37.6 Å². The number of amides is 1. The van der Waals surface area contributed by atoms with Crippen LogP contribution in [0.5, 0.6) is 0 Å². The van der Waals surface area contributed by atoms with Gasteiger partial charge in [-0.2, -0.15) is 0 Å². The van der Waals surface area contributed by atoms with Gasteiger partial charge in [0, 0.05) is 68.2 Å². The Morgan fingerprint density at radius 3 is 2.39 bits per heavy atom. The Kier molecular flexibility index (Phi) is 7.34. The number of rotatable bonds is 8. The molecule has 1 unspecified atom stereocenters. The van der Waals surface area contributed by atoms with Crippen molar-refractivity contribution in [1.29, 1.82) is 0 Å². The van der Waals surface area contributed by atoms with Crippen molar-refractivity contribution >= 4 is 16.8 Å². The number of carbonyl (C=O) groups is 1. The van der Waals surface area contributed by atoms with Crippen LogP contribution < -0.4 is 0 Å². The summed E-state index contributed by atoms with van der Waals surface area (Å²) >= 11 is 0. The van der Waals surface area contributed by atoms with Gasteiger partial charge in [0.1, 0.15) is 0 Å².